The van der Waals surface area contributed by atoms with E-state index < -0.39 is 0 Å². The number of hydrogen-bond donors (Lipinski definition) is 1. The van der Waals surface area contributed by atoms with Crippen LogP contribution in [0.3, 0.4) is 0 Å². The van der Waals surface area contributed by atoms with Gasteiger partial charge in [-0.3, -0.25) is 4.90 Å². The van der Waals surface area contributed by atoms with Crippen LogP contribution in [0.1, 0.15) is 12.0 Å². The highest BCUT2D eigenvalue weighted by Gasteiger charge is 2.17. The zero-order valence-electron chi connectivity index (χ0n) is 15.9. The molecule has 1 aliphatic rings. The number of methoxy groups -OCH3 is 2. The number of benzene rings is 2. The Balaban J connectivity index is 0.00000182. The first-order chi connectivity index (χ1) is 12.2. The van der Waals surface area contributed by atoms with Crippen LogP contribution in [0.2, 0.25) is 0 Å². The van der Waals surface area contributed by atoms with Gasteiger partial charge in [-0.25, -0.2) is 0 Å². The predicted molar refractivity (Wildman–Crippen MR) is 117 cm³/mol. The molecule has 1 aliphatic heterocycles. The molecule has 2 N–H and O–H groups in total. The van der Waals surface area contributed by atoms with Crippen molar-refractivity contribution in [3.63, 3.8) is 0 Å². The van der Waals surface area contributed by atoms with Crippen LogP contribution in [-0.4, -0.2) is 45.3 Å². The van der Waals surface area contributed by atoms with E-state index in [9.17, 15) is 0 Å². The topological polar surface area (TPSA) is 51.0 Å². The summed E-state index contributed by atoms with van der Waals surface area (Å²) in [6.07, 6.45) is 1.13. The highest BCUT2D eigenvalue weighted by molar-refractivity contribution is 5.85. The van der Waals surface area contributed by atoms with E-state index in [1.807, 2.05) is 18.2 Å². The molecule has 0 amide bonds. The van der Waals surface area contributed by atoms with Gasteiger partial charge in [-0.15, -0.1) is 24.8 Å². The second-order valence-electron chi connectivity index (χ2n) is 6.43. The van der Waals surface area contributed by atoms with Crippen molar-refractivity contribution in [3.8, 4) is 11.5 Å². The number of hydrogen-bond acceptors (Lipinski definition) is 5. The third-order valence-electron chi connectivity index (χ3n) is 4.65. The lowest BCUT2D eigenvalue weighted by molar-refractivity contribution is 0.285. The average molecular weight is 414 g/mol. The molecule has 0 unspecified atom stereocenters. The fourth-order valence-electron chi connectivity index (χ4n) is 3.31. The van der Waals surface area contributed by atoms with Gasteiger partial charge in [0.05, 0.1) is 14.2 Å². The van der Waals surface area contributed by atoms with E-state index in [-0.39, 0.29) is 24.8 Å². The molecule has 0 atom stereocenters. The van der Waals surface area contributed by atoms with Crippen molar-refractivity contribution in [3.05, 3.63) is 48.0 Å². The molecule has 0 spiro atoms. The van der Waals surface area contributed by atoms with Crippen LogP contribution in [-0.2, 0) is 6.54 Å². The maximum atomic E-state index is 5.90. The summed E-state index contributed by atoms with van der Waals surface area (Å²) in [6.45, 7) is 5.07. The summed E-state index contributed by atoms with van der Waals surface area (Å²) in [7, 11) is 3.38. The van der Waals surface area contributed by atoms with Crippen molar-refractivity contribution in [2.45, 2.75) is 13.0 Å². The molecule has 2 aromatic carbocycles. The molecule has 1 heterocycles. The van der Waals surface area contributed by atoms with Crippen molar-refractivity contribution in [1.29, 1.82) is 0 Å². The highest BCUT2D eigenvalue weighted by atomic mass is 35.5. The summed E-state index contributed by atoms with van der Waals surface area (Å²) >= 11 is 0. The van der Waals surface area contributed by atoms with Gasteiger partial charge in [-0.2, -0.15) is 0 Å². The number of nitrogens with two attached hydrogens (primary N) is 1. The van der Waals surface area contributed by atoms with Crippen molar-refractivity contribution in [2.24, 2.45) is 0 Å². The Morgan fingerprint density at radius 2 is 1.59 bits per heavy atom. The van der Waals surface area contributed by atoms with Gasteiger partial charge >= 0.3 is 0 Å². The normalized spacial score (nSPS) is 14.5. The van der Waals surface area contributed by atoms with E-state index in [0.717, 1.165) is 62.0 Å². The van der Waals surface area contributed by atoms with E-state index in [2.05, 4.69) is 34.1 Å². The van der Waals surface area contributed by atoms with Crippen LogP contribution >= 0.6 is 24.8 Å². The minimum absolute atomic E-state index is 0. The average Bonchev–Trinajstić information content (AvgIpc) is 2.87. The van der Waals surface area contributed by atoms with Crippen molar-refractivity contribution in [2.75, 3.05) is 51.0 Å². The second kappa shape index (κ2) is 11.1. The van der Waals surface area contributed by atoms with Gasteiger partial charge in [0.25, 0.3) is 0 Å². The van der Waals surface area contributed by atoms with Crippen LogP contribution in [0.15, 0.2) is 42.5 Å². The molecule has 3 rings (SSSR count). The van der Waals surface area contributed by atoms with Crippen molar-refractivity contribution >= 4 is 36.2 Å². The number of halogens is 2. The fraction of sp³-hybridized carbons (Fsp3) is 0.400. The van der Waals surface area contributed by atoms with Gasteiger partial charge in [0, 0.05) is 62.3 Å². The van der Waals surface area contributed by atoms with Gasteiger partial charge in [-0.05, 0) is 24.1 Å². The van der Waals surface area contributed by atoms with E-state index in [4.69, 9.17) is 15.2 Å². The molecule has 27 heavy (non-hydrogen) atoms. The smallest absolute Gasteiger partial charge is 0.124 e. The lowest BCUT2D eigenvalue weighted by atomic mass is 10.2. The molecule has 5 nitrogen and oxygen atoms in total. The quantitative estimate of drug-likeness (QED) is 0.754. The van der Waals surface area contributed by atoms with E-state index in [0.29, 0.717) is 0 Å². The molecule has 150 valence electrons. The first-order valence-corrected chi connectivity index (χ1v) is 8.73. The van der Waals surface area contributed by atoms with Crippen LogP contribution in [0.4, 0.5) is 11.4 Å². The molecule has 0 radical (unpaired) electrons. The Morgan fingerprint density at radius 3 is 2.22 bits per heavy atom. The molecule has 2 aromatic rings. The molecule has 0 saturated carbocycles. The van der Waals surface area contributed by atoms with Crippen molar-refractivity contribution in [1.82, 2.24) is 4.90 Å². The largest absolute Gasteiger partial charge is 0.497 e. The summed E-state index contributed by atoms with van der Waals surface area (Å²) in [5, 5.41) is 0. The molecule has 0 aliphatic carbocycles. The lowest BCUT2D eigenvalue weighted by Crippen LogP contribution is -2.30. The monoisotopic (exact) mass is 413 g/mol. The van der Waals surface area contributed by atoms with Gasteiger partial charge in [0.2, 0.25) is 0 Å². The minimum atomic E-state index is 0. The molecule has 1 fully saturated rings. The zero-order valence-corrected chi connectivity index (χ0v) is 17.5. The number of nitrogen functional groups attached to an aromatic ring is 1. The van der Waals surface area contributed by atoms with Gasteiger partial charge in [0.1, 0.15) is 11.5 Å². The number of rotatable bonds is 5. The fourth-order valence-corrected chi connectivity index (χ4v) is 3.31. The predicted octanol–water partition coefficient (Wildman–Crippen LogP) is 3.84. The Morgan fingerprint density at radius 1 is 0.889 bits per heavy atom. The standard InChI is InChI=1S/C20H27N3O2.2ClH/c1-24-19-12-18(13-20(14-19)25-2)23-8-4-7-22(9-10-23)15-16-5-3-6-17(21)11-16;;/h3,5-6,11-14H,4,7-10,15,21H2,1-2H3;2*1H. The van der Waals surface area contributed by atoms with E-state index in [1.165, 1.54) is 5.56 Å². The SMILES string of the molecule is COc1cc(OC)cc(N2CCCN(Cc3cccc(N)c3)CC2)c1.Cl.Cl. The summed E-state index contributed by atoms with van der Waals surface area (Å²) in [5.74, 6) is 1.66. The maximum absolute atomic E-state index is 5.90. The molecule has 1 saturated heterocycles. The van der Waals surface area contributed by atoms with Gasteiger partial charge in [-0.1, -0.05) is 12.1 Å². The van der Waals surface area contributed by atoms with E-state index >= 15 is 0 Å². The Bertz CT molecular complexity index is 693. The summed E-state index contributed by atoms with van der Waals surface area (Å²) in [5.41, 5.74) is 9.16. The minimum Gasteiger partial charge on any atom is -0.497 e. The van der Waals surface area contributed by atoms with Crippen molar-refractivity contribution < 1.29 is 9.47 Å². The second-order valence-corrected chi connectivity index (χ2v) is 6.43. The Hall–Kier alpha value is -1.82. The first-order valence-electron chi connectivity index (χ1n) is 8.73. The first kappa shape index (κ1) is 23.2. The number of ether oxygens (including phenoxy) is 2. The summed E-state index contributed by atoms with van der Waals surface area (Å²) < 4.78 is 10.8. The van der Waals surface area contributed by atoms with Crippen LogP contribution in [0, 0.1) is 0 Å². The Labute approximate surface area is 174 Å². The summed E-state index contributed by atoms with van der Waals surface area (Å²) in [4.78, 5) is 4.90. The third kappa shape index (κ3) is 6.38. The van der Waals surface area contributed by atoms with Gasteiger partial charge in [0.15, 0.2) is 0 Å². The molecular weight excluding hydrogens is 385 g/mol. The molecular formula is C20H29Cl2N3O2. The van der Waals surface area contributed by atoms with Crippen LogP contribution < -0.4 is 20.1 Å². The highest BCUT2D eigenvalue weighted by Crippen LogP contribution is 2.29. The molecule has 0 bridgehead atoms. The van der Waals surface area contributed by atoms with Gasteiger partial charge < -0.3 is 20.1 Å². The van der Waals surface area contributed by atoms with Crippen LogP contribution in [0.25, 0.3) is 0 Å². The number of nitrogens with zero attached hydrogens (tertiary/aromatic N) is 2. The summed E-state index contributed by atoms with van der Waals surface area (Å²) in [6, 6.07) is 14.2. The number of anilines is 2. The van der Waals surface area contributed by atoms with Crippen LogP contribution in [0.5, 0.6) is 11.5 Å². The molecule has 7 heteroatoms. The zero-order chi connectivity index (χ0) is 17.6. The Kier molecular flexibility index (Phi) is 9.56. The molecule has 0 aromatic heterocycles. The maximum Gasteiger partial charge on any atom is 0.124 e. The van der Waals surface area contributed by atoms with E-state index in [1.54, 1.807) is 14.2 Å². The lowest BCUT2D eigenvalue weighted by Gasteiger charge is -2.24. The third-order valence-corrected chi connectivity index (χ3v) is 4.65.